The van der Waals surface area contributed by atoms with Crippen molar-refractivity contribution in [1.29, 1.82) is 0 Å². The van der Waals surface area contributed by atoms with Gasteiger partial charge in [-0.05, 0) is 48.3 Å². The zero-order valence-electron chi connectivity index (χ0n) is 13.0. The molecule has 2 heterocycles. The number of hydrogen-bond acceptors (Lipinski definition) is 7. The van der Waals surface area contributed by atoms with Gasteiger partial charge in [0.2, 0.25) is 6.29 Å². The molecule has 0 amide bonds. The van der Waals surface area contributed by atoms with Crippen LogP contribution in [0.25, 0.3) is 20.9 Å². The molecule has 0 aliphatic carbocycles. The van der Waals surface area contributed by atoms with Crippen molar-refractivity contribution in [2.45, 2.75) is 50.9 Å². The van der Waals surface area contributed by atoms with Crippen LogP contribution in [0.5, 0.6) is 0 Å². The highest BCUT2D eigenvalue weighted by Crippen LogP contribution is 2.18. The summed E-state index contributed by atoms with van der Waals surface area (Å²) in [6.45, 7) is 1.15. The van der Waals surface area contributed by atoms with Gasteiger partial charge in [-0.1, -0.05) is 10.3 Å². The van der Waals surface area contributed by atoms with Crippen LogP contribution in [0.4, 0.5) is 0 Å². The molecule has 24 heavy (non-hydrogen) atoms. The average Bonchev–Trinajstić information content (AvgIpc) is 2.64. The van der Waals surface area contributed by atoms with Crippen LogP contribution in [0, 0.1) is 0 Å². The van der Waals surface area contributed by atoms with Crippen LogP contribution in [-0.4, -0.2) is 37.2 Å². The monoisotopic (exact) mass is 338 g/mol. The Morgan fingerprint density at radius 2 is 1.75 bits per heavy atom. The molecule has 12 heteroatoms. The number of hydrogen-bond donors (Lipinski definition) is 0. The van der Waals surface area contributed by atoms with E-state index in [0.717, 1.165) is 25.7 Å². The van der Waals surface area contributed by atoms with Gasteiger partial charge in [-0.25, -0.2) is 0 Å². The predicted molar refractivity (Wildman–Crippen MR) is 82.5 cm³/mol. The Kier molecular flexibility index (Phi) is 7.64. The number of nitrogens with zero attached hydrogens (tertiary/aromatic N) is 8. The van der Waals surface area contributed by atoms with Gasteiger partial charge >= 0.3 is 0 Å². The average molecular weight is 338 g/mol. The van der Waals surface area contributed by atoms with Gasteiger partial charge in [-0.2, -0.15) is 0 Å². The van der Waals surface area contributed by atoms with Gasteiger partial charge in [0.1, 0.15) is 17.1 Å². The molecule has 12 nitrogen and oxygen atoms in total. The van der Waals surface area contributed by atoms with E-state index in [1.54, 1.807) is 0 Å². The number of azide groups is 2. The van der Waals surface area contributed by atoms with E-state index in [2.05, 4.69) is 35.5 Å². The fraction of sp³-hybridized carbons (Fsp3) is 0.833. The van der Waals surface area contributed by atoms with Crippen molar-refractivity contribution in [2.75, 3.05) is 13.2 Å². The maximum absolute atomic E-state index is 8.71. The lowest BCUT2D eigenvalue weighted by molar-refractivity contribution is -0.162. The largest absolute Gasteiger partial charge is 0.372 e. The minimum absolute atomic E-state index is 0.176. The van der Waals surface area contributed by atoms with E-state index in [-0.39, 0.29) is 11.5 Å². The van der Waals surface area contributed by atoms with Crippen LogP contribution in [0.1, 0.15) is 38.5 Å². The predicted octanol–water partition coefficient (Wildman–Crippen LogP) is 3.32. The molecule has 2 atom stereocenters. The topological polar surface area (TPSA) is 159 Å². The third kappa shape index (κ3) is 5.60. The molecule has 0 spiro atoms. The van der Waals surface area contributed by atoms with Gasteiger partial charge in [-0.3, -0.25) is 4.94 Å². The SMILES string of the molecule is [N-]=[N+]=NON=C(N=[N+]=[N-])C(=NOC1CCCCO1)C1CCCCO1. The summed E-state index contributed by atoms with van der Waals surface area (Å²) >= 11 is 0. The molecule has 0 aromatic heterocycles. The van der Waals surface area contributed by atoms with Crippen molar-refractivity contribution in [1.82, 2.24) is 0 Å². The molecule has 2 saturated heterocycles. The lowest BCUT2D eigenvalue weighted by Crippen LogP contribution is -2.34. The molecule has 0 N–H and O–H groups in total. The zero-order chi connectivity index (χ0) is 17.0. The fourth-order valence-corrected chi connectivity index (χ4v) is 2.34. The van der Waals surface area contributed by atoms with Crippen LogP contribution in [0.2, 0.25) is 0 Å². The number of rotatable bonds is 6. The third-order valence-electron chi connectivity index (χ3n) is 3.46. The first kappa shape index (κ1) is 17.8. The lowest BCUT2D eigenvalue weighted by Gasteiger charge is -2.24. The highest BCUT2D eigenvalue weighted by molar-refractivity contribution is 6.43. The van der Waals surface area contributed by atoms with Crippen LogP contribution >= 0.6 is 0 Å². The van der Waals surface area contributed by atoms with Gasteiger partial charge in [0.25, 0.3) is 0 Å². The molecular weight excluding hydrogens is 320 g/mol. The summed E-state index contributed by atoms with van der Waals surface area (Å²) in [7, 11) is 0. The maximum atomic E-state index is 8.71. The van der Waals surface area contributed by atoms with Crippen molar-refractivity contribution < 1.29 is 19.2 Å². The maximum Gasteiger partial charge on any atom is 0.226 e. The standard InChI is InChI=1S/C12H18N8O4/c13-18-15-12(17-24-20-19-14)11(9-5-1-3-7-21-9)16-23-10-6-2-4-8-22-10/h9-10H,1-8H2. The molecular formula is C12H18N8O4. The van der Waals surface area contributed by atoms with Gasteiger partial charge in [0.05, 0.1) is 6.61 Å². The van der Waals surface area contributed by atoms with Crippen molar-refractivity contribution in [3.05, 3.63) is 20.9 Å². The molecule has 2 aliphatic rings. The van der Waals surface area contributed by atoms with Gasteiger partial charge in [0.15, 0.2) is 5.84 Å². The van der Waals surface area contributed by atoms with Crippen LogP contribution < -0.4 is 0 Å². The highest BCUT2D eigenvalue weighted by Gasteiger charge is 2.26. The lowest BCUT2D eigenvalue weighted by atomic mass is 10.0. The Balaban J connectivity index is 2.19. The summed E-state index contributed by atoms with van der Waals surface area (Å²) in [4.78, 5) is 14.8. The first-order valence-electron chi connectivity index (χ1n) is 7.66. The molecule has 0 radical (unpaired) electrons. The van der Waals surface area contributed by atoms with Crippen molar-refractivity contribution in [3.8, 4) is 0 Å². The van der Waals surface area contributed by atoms with Crippen molar-refractivity contribution >= 4 is 11.5 Å². The first-order valence-corrected chi connectivity index (χ1v) is 7.66. The second kappa shape index (κ2) is 10.3. The summed E-state index contributed by atoms with van der Waals surface area (Å²) in [5.41, 5.74) is 17.1. The molecule has 2 fully saturated rings. The van der Waals surface area contributed by atoms with E-state index in [9.17, 15) is 0 Å². The third-order valence-corrected chi connectivity index (χ3v) is 3.46. The Morgan fingerprint density at radius 1 is 0.958 bits per heavy atom. The summed E-state index contributed by atoms with van der Waals surface area (Å²) in [5.74, 6) is -0.215. The Bertz CT molecular complexity index is 555. The van der Waals surface area contributed by atoms with Gasteiger partial charge < -0.3 is 14.3 Å². The molecule has 2 rings (SSSR count). The molecule has 0 saturated carbocycles. The molecule has 2 unspecified atom stereocenters. The number of amidine groups is 1. The summed E-state index contributed by atoms with van der Waals surface area (Å²) < 4.78 is 11.1. The Morgan fingerprint density at radius 3 is 2.38 bits per heavy atom. The second-order valence-electron chi connectivity index (χ2n) is 5.09. The first-order chi connectivity index (χ1) is 11.8. The molecule has 130 valence electrons. The fourth-order valence-electron chi connectivity index (χ4n) is 2.34. The van der Waals surface area contributed by atoms with Crippen molar-refractivity contribution in [3.63, 3.8) is 0 Å². The van der Waals surface area contributed by atoms with E-state index in [4.69, 9.17) is 25.4 Å². The minimum Gasteiger partial charge on any atom is -0.372 e. The summed E-state index contributed by atoms with van der Waals surface area (Å²) in [5, 5.41) is 13.8. The Hall–Kier alpha value is -2.52. The van der Waals surface area contributed by atoms with E-state index in [1.807, 2.05) is 0 Å². The minimum atomic E-state index is -0.470. The van der Waals surface area contributed by atoms with Crippen molar-refractivity contribution in [2.24, 2.45) is 20.7 Å². The molecule has 0 bridgehead atoms. The smallest absolute Gasteiger partial charge is 0.226 e. The van der Waals surface area contributed by atoms with E-state index < -0.39 is 12.4 Å². The Labute approximate surface area is 137 Å². The molecule has 0 aromatic rings. The molecule has 0 aromatic carbocycles. The van der Waals surface area contributed by atoms with Crippen LogP contribution in [0.15, 0.2) is 20.7 Å². The molecule has 2 aliphatic heterocycles. The number of oxime groups is 2. The zero-order valence-corrected chi connectivity index (χ0v) is 13.0. The van der Waals surface area contributed by atoms with E-state index in [1.165, 1.54) is 0 Å². The van der Waals surface area contributed by atoms with E-state index >= 15 is 0 Å². The highest BCUT2D eigenvalue weighted by atomic mass is 16.8. The van der Waals surface area contributed by atoms with Crippen LogP contribution in [0.3, 0.4) is 0 Å². The van der Waals surface area contributed by atoms with E-state index in [0.29, 0.717) is 26.1 Å². The van der Waals surface area contributed by atoms with Crippen LogP contribution in [-0.2, 0) is 19.2 Å². The second-order valence-corrected chi connectivity index (χ2v) is 5.09. The van der Waals surface area contributed by atoms with Gasteiger partial charge in [-0.15, -0.1) is 0 Å². The quantitative estimate of drug-likeness (QED) is 0.181. The normalized spacial score (nSPS) is 25.2. The summed E-state index contributed by atoms with van der Waals surface area (Å²) in [6.07, 6.45) is 4.26. The number of ether oxygens (including phenoxy) is 2. The summed E-state index contributed by atoms with van der Waals surface area (Å²) in [6, 6.07) is 0. The van der Waals surface area contributed by atoms with Gasteiger partial charge in [0, 0.05) is 22.9 Å².